The van der Waals surface area contributed by atoms with Crippen molar-refractivity contribution in [2.75, 3.05) is 31.2 Å². The van der Waals surface area contributed by atoms with Gasteiger partial charge in [0.05, 0.1) is 24.2 Å². The molecule has 10 heteroatoms. The molecule has 0 spiro atoms. The molecule has 0 radical (unpaired) electrons. The molecular formula is C22H26F2N6O2. The fraction of sp³-hybridized carbons (Fsp3) is 0.500. The van der Waals surface area contributed by atoms with E-state index in [4.69, 9.17) is 15.2 Å². The first-order valence-electron chi connectivity index (χ1n) is 11.0. The number of hydrogen-bond acceptors (Lipinski definition) is 7. The van der Waals surface area contributed by atoms with Gasteiger partial charge in [-0.2, -0.15) is 9.97 Å². The van der Waals surface area contributed by atoms with Crippen LogP contribution in [0.4, 0.5) is 14.6 Å². The zero-order valence-corrected chi connectivity index (χ0v) is 17.7. The molecule has 0 unspecified atom stereocenters. The van der Waals surface area contributed by atoms with Gasteiger partial charge in [0.15, 0.2) is 5.82 Å². The molecule has 32 heavy (non-hydrogen) atoms. The summed E-state index contributed by atoms with van der Waals surface area (Å²) in [6, 6.07) is 9.13. The molecule has 2 fully saturated rings. The van der Waals surface area contributed by atoms with Crippen molar-refractivity contribution < 1.29 is 18.3 Å². The highest BCUT2D eigenvalue weighted by Gasteiger charge is 2.25. The number of imidazole rings is 1. The molecule has 0 amide bonds. The number of morpholine rings is 1. The van der Waals surface area contributed by atoms with Crippen molar-refractivity contribution in [3.63, 3.8) is 0 Å². The largest absolute Gasteiger partial charge is 0.460 e. The molecule has 1 aliphatic heterocycles. The summed E-state index contributed by atoms with van der Waals surface area (Å²) in [5.41, 5.74) is 7.06. The number of fused-ring (bicyclic) bond motifs is 1. The third kappa shape index (κ3) is 4.24. The van der Waals surface area contributed by atoms with E-state index in [1.165, 1.54) is 4.57 Å². The summed E-state index contributed by atoms with van der Waals surface area (Å²) in [6.45, 7) is 2.46. The Morgan fingerprint density at radius 2 is 1.72 bits per heavy atom. The van der Waals surface area contributed by atoms with Crippen LogP contribution < -0.4 is 15.4 Å². The van der Waals surface area contributed by atoms with Crippen molar-refractivity contribution in [2.24, 2.45) is 5.73 Å². The maximum Gasteiger partial charge on any atom is 0.320 e. The molecule has 1 aromatic carbocycles. The first-order valence-corrected chi connectivity index (χ1v) is 11.0. The molecule has 0 atom stereocenters. The van der Waals surface area contributed by atoms with Gasteiger partial charge in [0.2, 0.25) is 0 Å². The predicted molar refractivity (Wildman–Crippen MR) is 116 cm³/mol. The Balaban J connectivity index is 1.58. The van der Waals surface area contributed by atoms with Gasteiger partial charge < -0.3 is 20.1 Å². The highest BCUT2D eigenvalue weighted by molar-refractivity contribution is 5.78. The van der Waals surface area contributed by atoms with Crippen LogP contribution in [-0.2, 0) is 4.74 Å². The summed E-state index contributed by atoms with van der Waals surface area (Å²) >= 11 is 0. The third-order valence-electron chi connectivity index (χ3n) is 6.02. The fourth-order valence-corrected chi connectivity index (χ4v) is 4.31. The maximum atomic E-state index is 13.9. The van der Waals surface area contributed by atoms with Crippen molar-refractivity contribution in [3.05, 3.63) is 36.2 Å². The lowest BCUT2D eigenvalue weighted by Gasteiger charge is -2.29. The second-order valence-electron chi connectivity index (χ2n) is 8.22. The van der Waals surface area contributed by atoms with Gasteiger partial charge in [-0.1, -0.05) is 12.1 Å². The molecule has 8 nitrogen and oxygen atoms in total. The molecule has 2 N–H and O–H groups in total. The third-order valence-corrected chi connectivity index (χ3v) is 6.02. The highest BCUT2D eigenvalue weighted by atomic mass is 19.3. The van der Waals surface area contributed by atoms with Gasteiger partial charge in [-0.25, -0.2) is 13.8 Å². The summed E-state index contributed by atoms with van der Waals surface area (Å²) < 4.78 is 40.8. The number of aromatic nitrogens is 4. The Hall–Kier alpha value is -2.85. The number of para-hydroxylation sites is 2. The number of hydrogen-bond donors (Lipinski definition) is 1. The Kier molecular flexibility index (Phi) is 5.88. The first kappa shape index (κ1) is 21.0. The quantitative estimate of drug-likeness (QED) is 0.646. The van der Waals surface area contributed by atoms with Crippen molar-refractivity contribution in [1.29, 1.82) is 0 Å². The second-order valence-corrected chi connectivity index (χ2v) is 8.22. The van der Waals surface area contributed by atoms with Crippen LogP contribution >= 0.6 is 0 Å². The van der Waals surface area contributed by atoms with Crippen LogP contribution in [0.3, 0.4) is 0 Å². The van der Waals surface area contributed by atoms with E-state index in [-0.39, 0.29) is 24.0 Å². The first-order chi connectivity index (χ1) is 15.6. The zero-order valence-electron chi connectivity index (χ0n) is 17.7. The molecule has 1 saturated carbocycles. The minimum Gasteiger partial charge on any atom is -0.460 e. The maximum absolute atomic E-state index is 13.9. The van der Waals surface area contributed by atoms with E-state index in [1.807, 2.05) is 0 Å². The van der Waals surface area contributed by atoms with Crippen LogP contribution in [-0.4, -0.2) is 58.0 Å². The summed E-state index contributed by atoms with van der Waals surface area (Å²) in [5, 5.41) is 0. The minimum absolute atomic E-state index is 0.0447. The van der Waals surface area contributed by atoms with E-state index >= 15 is 0 Å². The molecule has 1 saturated heterocycles. The van der Waals surface area contributed by atoms with Crippen LogP contribution in [0.2, 0.25) is 0 Å². The number of halogens is 2. The van der Waals surface area contributed by atoms with Crippen LogP contribution in [0.5, 0.6) is 6.01 Å². The standard InChI is InChI=1S/C22H26F2N6O2/c23-20(24)21-26-16-3-1-2-4-17(16)30(21)19-13-18(29-9-11-31-12-10-29)27-22(28-19)32-15-7-5-14(25)6-8-15/h1-4,13-15,20H,5-12,25H2. The topological polar surface area (TPSA) is 91.3 Å². The van der Waals surface area contributed by atoms with Gasteiger partial charge in [0, 0.05) is 25.2 Å². The average Bonchev–Trinajstić information content (AvgIpc) is 3.21. The number of anilines is 1. The summed E-state index contributed by atoms with van der Waals surface area (Å²) in [4.78, 5) is 15.4. The van der Waals surface area contributed by atoms with Gasteiger partial charge in [-0.05, 0) is 37.8 Å². The normalized spacial score (nSPS) is 21.9. The number of rotatable bonds is 5. The summed E-state index contributed by atoms with van der Waals surface area (Å²) in [7, 11) is 0. The Morgan fingerprint density at radius 1 is 1.00 bits per heavy atom. The van der Waals surface area contributed by atoms with Gasteiger partial charge in [0.25, 0.3) is 6.43 Å². The smallest absolute Gasteiger partial charge is 0.320 e. The molecule has 2 aliphatic rings. The number of nitrogens with two attached hydrogens (primary N) is 1. The lowest BCUT2D eigenvalue weighted by Crippen LogP contribution is -2.37. The van der Waals surface area contributed by atoms with E-state index < -0.39 is 6.43 Å². The molecule has 3 aromatic rings. The molecule has 170 valence electrons. The van der Waals surface area contributed by atoms with Crippen LogP contribution in [0, 0.1) is 0 Å². The summed E-state index contributed by atoms with van der Waals surface area (Å²) in [5.74, 6) is 0.583. The molecular weight excluding hydrogens is 418 g/mol. The minimum atomic E-state index is -2.76. The average molecular weight is 444 g/mol. The number of benzene rings is 1. The lowest BCUT2D eigenvalue weighted by molar-refractivity contribution is 0.121. The van der Waals surface area contributed by atoms with E-state index in [0.717, 1.165) is 25.7 Å². The van der Waals surface area contributed by atoms with Crippen LogP contribution in [0.15, 0.2) is 30.3 Å². The van der Waals surface area contributed by atoms with Gasteiger partial charge in [-0.15, -0.1) is 0 Å². The number of ether oxygens (including phenoxy) is 2. The van der Waals surface area contributed by atoms with Crippen molar-refractivity contribution >= 4 is 16.9 Å². The zero-order chi connectivity index (χ0) is 22.1. The molecule has 3 heterocycles. The molecule has 2 aromatic heterocycles. The van der Waals surface area contributed by atoms with Gasteiger partial charge in [-0.3, -0.25) is 4.57 Å². The van der Waals surface area contributed by atoms with Crippen molar-refractivity contribution in [1.82, 2.24) is 19.5 Å². The predicted octanol–water partition coefficient (Wildman–Crippen LogP) is 3.24. The molecule has 0 bridgehead atoms. The van der Waals surface area contributed by atoms with Crippen molar-refractivity contribution in [2.45, 2.75) is 44.3 Å². The van der Waals surface area contributed by atoms with Crippen LogP contribution in [0.25, 0.3) is 16.9 Å². The van der Waals surface area contributed by atoms with E-state index in [2.05, 4.69) is 19.9 Å². The van der Waals surface area contributed by atoms with Gasteiger partial charge in [0.1, 0.15) is 17.7 Å². The second kappa shape index (κ2) is 8.95. The van der Waals surface area contributed by atoms with E-state index in [0.29, 0.717) is 49.0 Å². The van der Waals surface area contributed by atoms with E-state index in [9.17, 15) is 8.78 Å². The number of nitrogens with zero attached hydrogens (tertiary/aromatic N) is 5. The lowest BCUT2D eigenvalue weighted by atomic mass is 9.94. The van der Waals surface area contributed by atoms with Crippen LogP contribution in [0.1, 0.15) is 37.9 Å². The van der Waals surface area contributed by atoms with E-state index in [1.54, 1.807) is 30.3 Å². The SMILES string of the molecule is NC1CCC(Oc2nc(N3CCOCC3)cc(-n3c(C(F)F)nc4ccccc43)n2)CC1. The van der Waals surface area contributed by atoms with Gasteiger partial charge >= 0.3 is 6.01 Å². The fourth-order valence-electron chi connectivity index (χ4n) is 4.31. The molecule has 1 aliphatic carbocycles. The Morgan fingerprint density at radius 3 is 2.47 bits per heavy atom. The Bertz CT molecular complexity index is 1080. The monoisotopic (exact) mass is 444 g/mol. The Labute approximate surface area is 184 Å². The number of alkyl halides is 2. The van der Waals surface area contributed by atoms with Crippen molar-refractivity contribution in [3.8, 4) is 11.8 Å². The summed E-state index contributed by atoms with van der Waals surface area (Å²) in [6.07, 6.45) is 0.589. The molecule has 5 rings (SSSR count). The highest BCUT2D eigenvalue weighted by Crippen LogP contribution is 2.30.